The molecule has 0 aliphatic carbocycles. The van der Waals surface area contributed by atoms with Crippen molar-refractivity contribution in [3.8, 4) is 11.5 Å². The first-order chi connectivity index (χ1) is 12.8. The van der Waals surface area contributed by atoms with Gasteiger partial charge in [0.25, 0.3) is 5.91 Å². The monoisotopic (exact) mass is 376 g/mol. The molecule has 0 spiro atoms. The number of carbonyl (C=O) groups is 2. The van der Waals surface area contributed by atoms with Crippen LogP contribution in [0.1, 0.15) is 44.0 Å². The second-order valence-electron chi connectivity index (χ2n) is 7.97. The number of ether oxygens (including phenoxy) is 3. The molecule has 0 unspecified atom stereocenters. The zero-order valence-electron chi connectivity index (χ0n) is 16.5. The lowest BCUT2D eigenvalue weighted by atomic mass is 10.0. The van der Waals surface area contributed by atoms with E-state index in [1.54, 1.807) is 35.0 Å². The fraction of sp³-hybridized carbons (Fsp3) is 0.600. The first-order valence-corrected chi connectivity index (χ1v) is 9.40. The molecule has 0 bridgehead atoms. The highest BCUT2D eigenvalue weighted by Gasteiger charge is 2.32. The van der Waals surface area contributed by atoms with Gasteiger partial charge in [0.1, 0.15) is 18.8 Å². The Balaban J connectivity index is 1.71. The molecule has 0 saturated carbocycles. The second kappa shape index (κ2) is 7.66. The van der Waals surface area contributed by atoms with E-state index >= 15 is 0 Å². The van der Waals surface area contributed by atoms with E-state index in [0.29, 0.717) is 43.4 Å². The molecule has 7 heteroatoms. The predicted molar refractivity (Wildman–Crippen MR) is 100 cm³/mol. The summed E-state index contributed by atoms with van der Waals surface area (Å²) in [6, 6.07) is 5.29. The van der Waals surface area contributed by atoms with E-state index in [0.717, 1.165) is 12.8 Å². The molecule has 2 aliphatic rings. The van der Waals surface area contributed by atoms with Gasteiger partial charge in [-0.05, 0) is 45.7 Å². The van der Waals surface area contributed by atoms with E-state index in [2.05, 4.69) is 0 Å². The van der Waals surface area contributed by atoms with Crippen LogP contribution in [0.15, 0.2) is 18.2 Å². The number of rotatable bonds is 2. The van der Waals surface area contributed by atoms with Gasteiger partial charge < -0.3 is 24.0 Å². The highest BCUT2D eigenvalue weighted by molar-refractivity contribution is 5.98. The number of likely N-dealkylation sites (N-methyl/N-ethyl adjacent to an activating group) is 1. The molecule has 0 radical (unpaired) electrons. The largest absolute Gasteiger partial charge is 0.486 e. The third-order valence-electron chi connectivity index (χ3n) is 4.71. The highest BCUT2D eigenvalue weighted by atomic mass is 16.6. The first kappa shape index (κ1) is 19.3. The molecule has 1 aromatic rings. The van der Waals surface area contributed by atoms with Crippen molar-refractivity contribution in [3.63, 3.8) is 0 Å². The fourth-order valence-electron chi connectivity index (χ4n) is 3.35. The Hall–Kier alpha value is -2.44. The summed E-state index contributed by atoms with van der Waals surface area (Å²) in [5.41, 5.74) is -0.0385. The molecule has 0 aromatic heterocycles. The van der Waals surface area contributed by atoms with Crippen LogP contribution in [0.2, 0.25) is 0 Å². The Kier molecular flexibility index (Phi) is 5.48. The van der Waals surface area contributed by atoms with E-state index in [-0.39, 0.29) is 18.0 Å². The van der Waals surface area contributed by atoms with E-state index in [4.69, 9.17) is 14.2 Å². The van der Waals surface area contributed by atoms with Gasteiger partial charge >= 0.3 is 6.09 Å². The topological polar surface area (TPSA) is 68.3 Å². The second-order valence-corrected chi connectivity index (χ2v) is 7.97. The van der Waals surface area contributed by atoms with Crippen LogP contribution in [0.5, 0.6) is 11.5 Å². The number of benzene rings is 1. The minimum absolute atomic E-state index is 0.0748. The molecule has 0 N–H and O–H groups in total. The molecule has 148 valence electrons. The summed E-state index contributed by atoms with van der Waals surface area (Å²) in [6.07, 6.45) is 1.30. The Morgan fingerprint density at radius 1 is 1.22 bits per heavy atom. The molecule has 2 heterocycles. The molecular weight excluding hydrogens is 348 g/mol. The van der Waals surface area contributed by atoms with Crippen molar-refractivity contribution in [2.75, 3.05) is 33.4 Å². The minimum atomic E-state index is -0.546. The third kappa shape index (κ3) is 4.46. The quantitative estimate of drug-likeness (QED) is 0.794. The van der Waals surface area contributed by atoms with Gasteiger partial charge in [0, 0.05) is 20.1 Å². The minimum Gasteiger partial charge on any atom is -0.486 e. The smallest absolute Gasteiger partial charge is 0.410 e. The Labute approximate surface area is 160 Å². The Morgan fingerprint density at radius 3 is 2.70 bits per heavy atom. The van der Waals surface area contributed by atoms with Crippen molar-refractivity contribution in [1.82, 2.24) is 9.80 Å². The van der Waals surface area contributed by atoms with Crippen molar-refractivity contribution in [2.24, 2.45) is 0 Å². The van der Waals surface area contributed by atoms with Crippen molar-refractivity contribution >= 4 is 12.0 Å². The standard InChI is InChI=1S/C20H28N2O5/c1-20(2,3)27-19(24)21(4)14-7-6-10-22(13-14)18(23)15-8-5-9-16-17(15)26-12-11-25-16/h5,8-9,14H,6-7,10-13H2,1-4H3/t14-/m1/s1. The average Bonchev–Trinajstić information content (AvgIpc) is 2.65. The van der Waals surface area contributed by atoms with E-state index in [1.807, 2.05) is 20.8 Å². The van der Waals surface area contributed by atoms with Crippen LogP contribution in [-0.2, 0) is 4.74 Å². The normalized spacial score (nSPS) is 19.4. The van der Waals surface area contributed by atoms with Crippen molar-refractivity contribution in [3.05, 3.63) is 23.8 Å². The van der Waals surface area contributed by atoms with Crippen LogP contribution >= 0.6 is 0 Å². The van der Waals surface area contributed by atoms with Gasteiger partial charge in [-0.15, -0.1) is 0 Å². The zero-order chi connectivity index (χ0) is 19.6. The van der Waals surface area contributed by atoms with E-state index < -0.39 is 5.60 Å². The molecule has 3 rings (SSSR count). The van der Waals surface area contributed by atoms with Gasteiger partial charge in [0.05, 0.1) is 11.6 Å². The summed E-state index contributed by atoms with van der Waals surface area (Å²) in [4.78, 5) is 28.8. The van der Waals surface area contributed by atoms with Crippen molar-refractivity contribution in [1.29, 1.82) is 0 Å². The molecule has 1 saturated heterocycles. The first-order valence-electron chi connectivity index (χ1n) is 9.40. The van der Waals surface area contributed by atoms with Crippen LogP contribution < -0.4 is 9.47 Å². The van der Waals surface area contributed by atoms with Crippen LogP contribution in [0.4, 0.5) is 4.79 Å². The molecule has 1 atom stereocenters. The lowest BCUT2D eigenvalue weighted by molar-refractivity contribution is 0.0131. The molecule has 2 amide bonds. The molecule has 7 nitrogen and oxygen atoms in total. The summed E-state index contributed by atoms with van der Waals surface area (Å²) in [5, 5.41) is 0. The third-order valence-corrected chi connectivity index (χ3v) is 4.71. The van der Waals surface area contributed by atoms with Gasteiger partial charge in [0.2, 0.25) is 0 Å². The number of nitrogens with zero attached hydrogens (tertiary/aromatic N) is 2. The number of para-hydroxylation sites is 1. The van der Waals surface area contributed by atoms with Crippen molar-refractivity contribution in [2.45, 2.75) is 45.3 Å². The van der Waals surface area contributed by atoms with E-state index in [9.17, 15) is 9.59 Å². The average molecular weight is 376 g/mol. The Bertz CT molecular complexity index is 713. The Morgan fingerprint density at radius 2 is 1.96 bits per heavy atom. The van der Waals surface area contributed by atoms with Gasteiger partial charge in [-0.1, -0.05) is 6.07 Å². The number of fused-ring (bicyclic) bond motifs is 1. The summed E-state index contributed by atoms with van der Waals surface area (Å²) in [5.74, 6) is 1.02. The number of amides is 2. The number of carbonyl (C=O) groups excluding carboxylic acids is 2. The molecule has 27 heavy (non-hydrogen) atoms. The number of piperidine rings is 1. The van der Waals surface area contributed by atoms with Crippen LogP contribution in [0.3, 0.4) is 0 Å². The molecule has 1 aromatic carbocycles. The highest BCUT2D eigenvalue weighted by Crippen LogP contribution is 2.34. The van der Waals surface area contributed by atoms with Gasteiger partial charge in [0.15, 0.2) is 11.5 Å². The maximum Gasteiger partial charge on any atom is 0.410 e. The van der Waals surface area contributed by atoms with Gasteiger partial charge in [-0.2, -0.15) is 0 Å². The lowest BCUT2D eigenvalue weighted by Crippen LogP contribution is -2.51. The summed E-state index contributed by atoms with van der Waals surface area (Å²) in [6.45, 7) is 7.57. The molecule has 2 aliphatic heterocycles. The molecule has 1 fully saturated rings. The zero-order valence-corrected chi connectivity index (χ0v) is 16.5. The maximum atomic E-state index is 13.1. The molecular formula is C20H28N2O5. The number of likely N-dealkylation sites (tertiary alicyclic amines) is 1. The maximum absolute atomic E-state index is 13.1. The number of hydrogen-bond acceptors (Lipinski definition) is 5. The van der Waals surface area contributed by atoms with Crippen LogP contribution in [-0.4, -0.2) is 66.8 Å². The van der Waals surface area contributed by atoms with Crippen LogP contribution in [0.25, 0.3) is 0 Å². The number of hydrogen-bond donors (Lipinski definition) is 0. The van der Waals surface area contributed by atoms with Crippen molar-refractivity contribution < 1.29 is 23.8 Å². The van der Waals surface area contributed by atoms with Gasteiger partial charge in [-0.25, -0.2) is 4.79 Å². The summed E-state index contributed by atoms with van der Waals surface area (Å²) in [7, 11) is 1.73. The summed E-state index contributed by atoms with van der Waals surface area (Å²) >= 11 is 0. The van der Waals surface area contributed by atoms with Crippen LogP contribution in [0, 0.1) is 0 Å². The SMILES string of the molecule is CN(C(=O)OC(C)(C)C)[C@@H]1CCCN(C(=O)c2cccc3c2OCCO3)C1. The summed E-state index contributed by atoms with van der Waals surface area (Å²) < 4.78 is 16.7. The van der Waals surface area contributed by atoms with E-state index in [1.165, 1.54) is 0 Å². The van der Waals surface area contributed by atoms with Gasteiger partial charge in [-0.3, -0.25) is 4.79 Å². The fourth-order valence-corrected chi connectivity index (χ4v) is 3.35. The predicted octanol–water partition coefficient (Wildman–Crippen LogP) is 2.93. The lowest BCUT2D eigenvalue weighted by Gasteiger charge is -2.38.